The molecule has 0 spiro atoms. The van der Waals surface area contributed by atoms with E-state index in [1.807, 2.05) is 37.3 Å². The standard InChI is InChI=1S/C19H23NOS/c1-13-10-15(3)18(11-14(13)2)16(4)20-19(21)12-22-17-8-6-5-7-9-17/h5-11,16H,12H2,1-4H3,(H,20,21)/t16-/m1/s1. The average Bonchev–Trinajstić information content (AvgIpc) is 2.50. The molecule has 0 aromatic heterocycles. The summed E-state index contributed by atoms with van der Waals surface area (Å²) in [6.45, 7) is 8.37. The number of hydrogen-bond acceptors (Lipinski definition) is 2. The van der Waals surface area contributed by atoms with E-state index >= 15 is 0 Å². The van der Waals surface area contributed by atoms with Gasteiger partial charge >= 0.3 is 0 Å². The smallest absolute Gasteiger partial charge is 0.230 e. The lowest BCUT2D eigenvalue weighted by atomic mass is 9.96. The maximum Gasteiger partial charge on any atom is 0.230 e. The van der Waals surface area contributed by atoms with Gasteiger partial charge in [-0.05, 0) is 62.1 Å². The fraction of sp³-hybridized carbons (Fsp3) is 0.316. The summed E-state index contributed by atoms with van der Waals surface area (Å²) in [7, 11) is 0. The molecular weight excluding hydrogens is 290 g/mol. The van der Waals surface area contributed by atoms with Gasteiger partial charge in [0.2, 0.25) is 5.91 Å². The van der Waals surface area contributed by atoms with Gasteiger partial charge in [0.15, 0.2) is 0 Å². The molecule has 0 saturated carbocycles. The van der Waals surface area contributed by atoms with Crippen LogP contribution < -0.4 is 5.32 Å². The third-order valence-electron chi connectivity index (χ3n) is 3.84. The predicted octanol–water partition coefficient (Wildman–Crippen LogP) is 4.58. The number of carbonyl (C=O) groups is 1. The molecule has 0 unspecified atom stereocenters. The molecule has 0 aliphatic rings. The lowest BCUT2D eigenvalue weighted by molar-refractivity contribution is -0.119. The summed E-state index contributed by atoms with van der Waals surface area (Å²) in [6.07, 6.45) is 0. The minimum Gasteiger partial charge on any atom is -0.349 e. The van der Waals surface area contributed by atoms with E-state index in [2.05, 4.69) is 38.2 Å². The zero-order valence-corrected chi connectivity index (χ0v) is 14.5. The van der Waals surface area contributed by atoms with Crippen LogP contribution in [0, 0.1) is 20.8 Å². The van der Waals surface area contributed by atoms with Crippen LogP contribution in [0.15, 0.2) is 47.4 Å². The third kappa shape index (κ3) is 4.38. The molecule has 0 fully saturated rings. The lowest BCUT2D eigenvalue weighted by Crippen LogP contribution is -2.28. The number of rotatable bonds is 5. The van der Waals surface area contributed by atoms with E-state index in [1.54, 1.807) is 11.8 Å². The summed E-state index contributed by atoms with van der Waals surface area (Å²) in [5.74, 6) is 0.511. The molecule has 0 heterocycles. The minimum atomic E-state index is 0.0307. The van der Waals surface area contributed by atoms with Gasteiger partial charge in [-0.25, -0.2) is 0 Å². The van der Waals surface area contributed by atoms with E-state index in [4.69, 9.17) is 0 Å². The van der Waals surface area contributed by atoms with Crippen LogP contribution in [0.4, 0.5) is 0 Å². The Hall–Kier alpha value is -1.74. The van der Waals surface area contributed by atoms with E-state index in [1.165, 1.54) is 22.3 Å². The van der Waals surface area contributed by atoms with Gasteiger partial charge in [0, 0.05) is 4.90 Å². The highest BCUT2D eigenvalue weighted by Gasteiger charge is 2.13. The van der Waals surface area contributed by atoms with Gasteiger partial charge in [0.25, 0.3) is 0 Å². The zero-order valence-electron chi connectivity index (χ0n) is 13.6. The maximum absolute atomic E-state index is 12.1. The molecule has 0 radical (unpaired) electrons. The minimum absolute atomic E-state index is 0.0307. The molecule has 116 valence electrons. The average molecular weight is 313 g/mol. The van der Waals surface area contributed by atoms with Crippen LogP contribution in [-0.4, -0.2) is 11.7 Å². The number of nitrogens with one attached hydrogen (secondary N) is 1. The van der Waals surface area contributed by atoms with Crippen molar-refractivity contribution >= 4 is 17.7 Å². The molecule has 3 heteroatoms. The number of aryl methyl sites for hydroxylation is 3. The van der Waals surface area contributed by atoms with Crippen LogP contribution in [0.25, 0.3) is 0 Å². The Bertz CT molecular complexity index is 652. The normalized spacial score (nSPS) is 12.0. The maximum atomic E-state index is 12.1. The molecule has 2 nitrogen and oxygen atoms in total. The largest absolute Gasteiger partial charge is 0.349 e. The molecule has 1 atom stereocenters. The van der Waals surface area contributed by atoms with Gasteiger partial charge in [-0.15, -0.1) is 11.8 Å². The van der Waals surface area contributed by atoms with Crippen molar-refractivity contribution in [2.75, 3.05) is 5.75 Å². The third-order valence-corrected chi connectivity index (χ3v) is 4.85. The highest BCUT2D eigenvalue weighted by atomic mass is 32.2. The van der Waals surface area contributed by atoms with Crippen LogP contribution >= 0.6 is 11.8 Å². The van der Waals surface area contributed by atoms with Gasteiger partial charge in [0.1, 0.15) is 0 Å². The van der Waals surface area contributed by atoms with Crippen molar-refractivity contribution in [3.05, 3.63) is 64.7 Å². The van der Waals surface area contributed by atoms with E-state index in [9.17, 15) is 4.79 Å². The Morgan fingerprint density at radius 3 is 2.36 bits per heavy atom. The van der Waals surface area contributed by atoms with Crippen molar-refractivity contribution in [2.45, 2.75) is 38.6 Å². The summed E-state index contributed by atoms with van der Waals surface area (Å²) in [5.41, 5.74) is 4.98. The second-order valence-corrected chi connectivity index (χ2v) is 6.73. The number of hydrogen-bond donors (Lipinski definition) is 1. The molecule has 1 N–H and O–H groups in total. The lowest BCUT2D eigenvalue weighted by Gasteiger charge is -2.18. The first kappa shape index (κ1) is 16.6. The van der Waals surface area contributed by atoms with Gasteiger partial charge in [-0.3, -0.25) is 4.79 Å². The van der Waals surface area contributed by atoms with E-state index in [0.717, 1.165) is 4.90 Å². The van der Waals surface area contributed by atoms with Crippen LogP contribution in [0.1, 0.15) is 35.2 Å². The predicted molar refractivity (Wildman–Crippen MR) is 94.4 cm³/mol. The van der Waals surface area contributed by atoms with Crippen LogP contribution in [-0.2, 0) is 4.79 Å². The Labute approximate surface area is 137 Å². The highest BCUT2D eigenvalue weighted by Crippen LogP contribution is 2.22. The summed E-state index contributed by atoms with van der Waals surface area (Å²) >= 11 is 1.56. The molecule has 2 rings (SSSR count). The van der Waals surface area contributed by atoms with E-state index in [0.29, 0.717) is 5.75 Å². The first-order chi connectivity index (χ1) is 10.5. The number of amides is 1. The first-order valence-electron chi connectivity index (χ1n) is 7.52. The van der Waals surface area contributed by atoms with Crippen LogP contribution in [0.2, 0.25) is 0 Å². The van der Waals surface area contributed by atoms with Crippen molar-refractivity contribution in [1.29, 1.82) is 0 Å². The molecule has 0 bridgehead atoms. The molecule has 22 heavy (non-hydrogen) atoms. The molecule has 0 aliphatic carbocycles. The summed E-state index contributed by atoms with van der Waals surface area (Å²) in [5, 5.41) is 3.09. The van der Waals surface area contributed by atoms with Crippen molar-refractivity contribution in [1.82, 2.24) is 5.32 Å². The number of benzene rings is 2. The Morgan fingerprint density at radius 1 is 1.05 bits per heavy atom. The summed E-state index contributed by atoms with van der Waals surface area (Å²) in [6, 6.07) is 14.4. The Balaban J connectivity index is 1.95. The SMILES string of the molecule is Cc1cc(C)c([C@@H](C)NC(=O)CSc2ccccc2)cc1C. The van der Waals surface area contributed by atoms with Gasteiger partial charge in [0.05, 0.1) is 11.8 Å². The monoisotopic (exact) mass is 313 g/mol. The van der Waals surface area contributed by atoms with Crippen LogP contribution in [0.3, 0.4) is 0 Å². The second kappa shape index (κ2) is 7.50. The van der Waals surface area contributed by atoms with Crippen molar-refractivity contribution in [3.8, 4) is 0 Å². The Kier molecular flexibility index (Phi) is 5.67. The fourth-order valence-corrected chi connectivity index (χ4v) is 3.21. The molecule has 0 aliphatic heterocycles. The zero-order chi connectivity index (χ0) is 16.1. The topological polar surface area (TPSA) is 29.1 Å². The van der Waals surface area contributed by atoms with Crippen molar-refractivity contribution < 1.29 is 4.79 Å². The molecule has 0 saturated heterocycles. The number of carbonyl (C=O) groups excluding carboxylic acids is 1. The second-order valence-electron chi connectivity index (χ2n) is 5.68. The van der Waals surface area contributed by atoms with Crippen molar-refractivity contribution in [3.63, 3.8) is 0 Å². The Morgan fingerprint density at radius 2 is 1.68 bits per heavy atom. The fourth-order valence-electron chi connectivity index (χ4n) is 2.48. The number of thioether (sulfide) groups is 1. The van der Waals surface area contributed by atoms with Gasteiger partial charge in [-0.2, -0.15) is 0 Å². The highest BCUT2D eigenvalue weighted by molar-refractivity contribution is 8.00. The molecule has 2 aromatic rings. The van der Waals surface area contributed by atoms with Gasteiger partial charge in [-0.1, -0.05) is 30.3 Å². The summed E-state index contributed by atoms with van der Waals surface area (Å²) < 4.78 is 0. The molecule has 1 amide bonds. The van der Waals surface area contributed by atoms with Gasteiger partial charge < -0.3 is 5.32 Å². The van der Waals surface area contributed by atoms with Crippen LogP contribution in [0.5, 0.6) is 0 Å². The molecular formula is C19H23NOS. The van der Waals surface area contributed by atoms with E-state index in [-0.39, 0.29) is 11.9 Å². The van der Waals surface area contributed by atoms with E-state index < -0.39 is 0 Å². The summed E-state index contributed by atoms with van der Waals surface area (Å²) in [4.78, 5) is 13.2. The molecule has 2 aromatic carbocycles. The quantitative estimate of drug-likeness (QED) is 0.819. The van der Waals surface area contributed by atoms with Crippen molar-refractivity contribution in [2.24, 2.45) is 0 Å². The first-order valence-corrected chi connectivity index (χ1v) is 8.51.